The van der Waals surface area contributed by atoms with Crippen LogP contribution in [0.4, 0.5) is 0 Å². The second kappa shape index (κ2) is 12.3. The van der Waals surface area contributed by atoms with E-state index in [-0.39, 0.29) is 5.91 Å². The fraction of sp³-hybridized carbons (Fsp3) is 0.419. The van der Waals surface area contributed by atoms with Gasteiger partial charge < -0.3 is 9.64 Å². The molecule has 1 amide bonds. The fourth-order valence-electron chi connectivity index (χ4n) is 5.24. The number of carbonyl (C=O) groups excluding carboxylic acids is 1. The van der Waals surface area contributed by atoms with Crippen LogP contribution in [0.25, 0.3) is 17.3 Å². The normalized spacial score (nSPS) is 17.5. The van der Waals surface area contributed by atoms with Gasteiger partial charge in [0.1, 0.15) is 0 Å². The molecule has 0 aliphatic carbocycles. The molecule has 0 atom stereocenters. The van der Waals surface area contributed by atoms with Crippen molar-refractivity contribution in [1.82, 2.24) is 19.6 Å². The number of benzene rings is 2. The first-order valence-electron chi connectivity index (χ1n) is 13.6. The molecule has 2 aliphatic heterocycles. The van der Waals surface area contributed by atoms with Crippen LogP contribution in [0.3, 0.4) is 0 Å². The summed E-state index contributed by atoms with van der Waals surface area (Å²) in [4.78, 5) is 17.6. The van der Waals surface area contributed by atoms with Crippen LogP contribution in [0, 0.1) is 12.8 Å². The third-order valence-electron chi connectivity index (χ3n) is 7.59. The molecule has 6 heteroatoms. The molecule has 0 radical (unpaired) electrons. The molecule has 2 aromatic carbocycles. The summed E-state index contributed by atoms with van der Waals surface area (Å²) in [5, 5.41) is 4.89. The van der Waals surface area contributed by atoms with E-state index in [1.165, 1.54) is 17.5 Å². The smallest absolute Gasteiger partial charge is 0.246 e. The van der Waals surface area contributed by atoms with Crippen LogP contribution in [-0.4, -0.2) is 71.4 Å². The van der Waals surface area contributed by atoms with E-state index < -0.39 is 0 Å². The van der Waals surface area contributed by atoms with E-state index in [1.54, 1.807) is 6.08 Å². The number of hydrogen-bond donors (Lipinski definition) is 0. The zero-order valence-corrected chi connectivity index (χ0v) is 21.9. The fourth-order valence-corrected chi connectivity index (χ4v) is 5.24. The van der Waals surface area contributed by atoms with Crippen molar-refractivity contribution in [2.75, 3.05) is 45.9 Å². The highest BCUT2D eigenvalue weighted by atomic mass is 16.5. The minimum atomic E-state index is 0.0947. The first kappa shape index (κ1) is 25.4. The lowest BCUT2D eigenvalue weighted by Crippen LogP contribution is -2.40. The van der Waals surface area contributed by atoms with Crippen LogP contribution in [0.2, 0.25) is 0 Å². The summed E-state index contributed by atoms with van der Waals surface area (Å²) in [7, 11) is 0. The SMILES string of the molecule is Cc1ccc(-c2nn(Cc3ccccc3)cc2/C=C/C(=O)N2CCC(CCN3CCOCC3)CC2)cc1. The molecular weight excluding hydrogens is 460 g/mol. The Morgan fingerprint density at radius 3 is 2.46 bits per heavy atom. The molecule has 2 fully saturated rings. The quantitative estimate of drug-likeness (QED) is 0.416. The zero-order valence-electron chi connectivity index (χ0n) is 21.9. The van der Waals surface area contributed by atoms with E-state index in [1.807, 2.05) is 40.1 Å². The number of carbonyl (C=O) groups is 1. The molecule has 3 heterocycles. The molecule has 0 N–H and O–H groups in total. The van der Waals surface area contributed by atoms with Crippen LogP contribution < -0.4 is 0 Å². The predicted octanol–water partition coefficient (Wildman–Crippen LogP) is 4.88. The minimum absolute atomic E-state index is 0.0947. The highest BCUT2D eigenvalue weighted by Crippen LogP contribution is 2.25. The lowest BCUT2D eigenvalue weighted by molar-refractivity contribution is -0.127. The van der Waals surface area contributed by atoms with Crippen molar-refractivity contribution in [3.63, 3.8) is 0 Å². The van der Waals surface area contributed by atoms with Gasteiger partial charge in [0.15, 0.2) is 0 Å². The maximum atomic E-state index is 13.1. The first-order chi connectivity index (χ1) is 18.1. The van der Waals surface area contributed by atoms with Crippen LogP contribution in [0.15, 0.2) is 66.9 Å². The van der Waals surface area contributed by atoms with Gasteiger partial charge in [0, 0.05) is 49.6 Å². The highest BCUT2D eigenvalue weighted by molar-refractivity contribution is 5.93. The van der Waals surface area contributed by atoms with Gasteiger partial charge in [0.25, 0.3) is 0 Å². The van der Waals surface area contributed by atoms with E-state index in [2.05, 4.69) is 48.2 Å². The van der Waals surface area contributed by atoms with E-state index in [4.69, 9.17) is 9.84 Å². The molecule has 194 valence electrons. The topological polar surface area (TPSA) is 50.6 Å². The Kier molecular flexibility index (Phi) is 8.49. The molecule has 0 spiro atoms. The summed E-state index contributed by atoms with van der Waals surface area (Å²) in [6.45, 7) is 9.43. The average molecular weight is 499 g/mol. The van der Waals surface area contributed by atoms with Gasteiger partial charge >= 0.3 is 0 Å². The van der Waals surface area contributed by atoms with Gasteiger partial charge in [-0.1, -0.05) is 60.2 Å². The van der Waals surface area contributed by atoms with Crippen LogP contribution in [-0.2, 0) is 16.1 Å². The van der Waals surface area contributed by atoms with Gasteiger partial charge in [0.05, 0.1) is 25.5 Å². The van der Waals surface area contributed by atoms with Crippen LogP contribution in [0.5, 0.6) is 0 Å². The molecule has 6 nitrogen and oxygen atoms in total. The number of nitrogens with zero attached hydrogens (tertiary/aromatic N) is 4. The lowest BCUT2D eigenvalue weighted by atomic mass is 9.93. The minimum Gasteiger partial charge on any atom is -0.379 e. The predicted molar refractivity (Wildman–Crippen MR) is 148 cm³/mol. The Labute approximate surface area is 220 Å². The summed E-state index contributed by atoms with van der Waals surface area (Å²) in [5.41, 5.74) is 5.34. The number of likely N-dealkylation sites (tertiary alicyclic amines) is 1. The molecule has 2 saturated heterocycles. The van der Waals surface area contributed by atoms with Gasteiger partial charge in [-0.25, -0.2) is 0 Å². The van der Waals surface area contributed by atoms with Crippen LogP contribution in [0.1, 0.15) is 36.0 Å². The van der Waals surface area contributed by atoms with E-state index in [0.717, 1.165) is 75.6 Å². The zero-order chi connectivity index (χ0) is 25.5. The Bertz CT molecular complexity index is 1170. The van der Waals surface area contributed by atoms with E-state index in [9.17, 15) is 4.79 Å². The monoisotopic (exact) mass is 498 g/mol. The summed E-state index contributed by atoms with van der Waals surface area (Å²) in [5.74, 6) is 0.803. The van der Waals surface area contributed by atoms with Crippen LogP contribution >= 0.6 is 0 Å². The van der Waals surface area contributed by atoms with Crippen molar-refractivity contribution in [1.29, 1.82) is 0 Å². The number of hydrogen-bond acceptors (Lipinski definition) is 4. The van der Waals surface area contributed by atoms with Crippen molar-refractivity contribution in [2.45, 2.75) is 32.7 Å². The van der Waals surface area contributed by atoms with Gasteiger partial charge in [-0.2, -0.15) is 5.10 Å². The van der Waals surface area contributed by atoms with E-state index in [0.29, 0.717) is 12.5 Å². The lowest BCUT2D eigenvalue weighted by Gasteiger charge is -2.33. The second-order valence-electron chi connectivity index (χ2n) is 10.3. The van der Waals surface area contributed by atoms with Crippen molar-refractivity contribution in [3.05, 3.63) is 83.6 Å². The number of amides is 1. The molecule has 37 heavy (non-hydrogen) atoms. The summed E-state index contributed by atoms with van der Waals surface area (Å²) in [6, 6.07) is 18.7. The number of ether oxygens (including phenoxy) is 1. The maximum Gasteiger partial charge on any atom is 0.246 e. The maximum absolute atomic E-state index is 13.1. The molecular formula is C31H38N4O2. The highest BCUT2D eigenvalue weighted by Gasteiger charge is 2.22. The second-order valence-corrected chi connectivity index (χ2v) is 10.3. The molecule has 1 aromatic heterocycles. The molecule has 0 bridgehead atoms. The van der Waals surface area contributed by atoms with Crippen molar-refractivity contribution >= 4 is 12.0 Å². The third-order valence-corrected chi connectivity index (χ3v) is 7.59. The van der Waals surface area contributed by atoms with Gasteiger partial charge in [-0.15, -0.1) is 0 Å². The van der Waals surface area contributed by atoms with Crippen molar-refractivity contribution in [3.8, 4) is 11.3 Å². The Balaban J connectivity index is 1.22. The first-order valence-corrected chi connectivity index (χ1v) is 13.6. The van der Waals surface area contributed by atoms with Gasteiger partial charge in [-0.3, -0.25) is 14.4 Å². The Morgan fingerprint density at radius 1 is 1.00 bits per heavy atom. The van der Waals surface area contributed by atoms with E-state index >= 15 is 0 Å². The summed E-state index contributed by atoms with van der Waals surface area (Å²) < 4.78 is 7.42. The van der Waals surface area contributed by atoms with Gasteiger partial charge in [0.2, 0.25) is 5.91 Å². The average Bonchev–Trinajstić information content (AvgIpc) is 3.34. The third kappa shape index (κ3) is 6.96. The molecule has 0 unspecified atom stereocenters. The molecule has 0 saturated carbocycles. The number of aromatic nitrogens is 2. The standard InChI is InChI=1S/C31H38N4O2/c1-25-7-9-28(10-8-25)31-29(24-35(32-31)23-27-5-3-2-4-6-27)11-12-30(36)34-17-14-26(15-18-34)13-16-33-19-21-37-22-20-33/h2-12,24,26H,13-23H2,1H3/b12-11+. The number of morpholine rings is 1. The molecule has 2 aliphatic rings. The number of piperidine rings is 1. The molecule has 3 aromatic rings. The summed E-state index contributed by atoms with van der Waals surface area (Å²) in [6.07, 6.45) is 9.12. The Morgan fingerprint density at radius 2 is 1.73 bits per heavy atom. The Hall–Kier alpha value is -3.22. The van der Waals surface area contributed by atoms with Crippen molar-refractivity contribution in [2.24, 2.45) is 5.92 Å². The number of rotatable bonds is 8. The molecule has 5 rings (SSSR count). The van der Waals surface area contributed by atoms with Gasteiger partial charge in [-0.05, 0) is 50.3 Å². The van der Waals surface area contributed by atoms with Crippen molar-refractivity contribution < 1.29 is 9.53 Å². The summed E-state index contributed by atoms with van der Waals surface area (Å²) >= 11 is 0. The largest absolute Gasteiger partial charge is 0.379 e. The number of aryl methyl sites for hydroxylation is 1.